The average Bonchev–Trinajstić information content (AvgIpc) is 3.16. The van der Waals surface area contributed by atoms with E-state index in [4.69, 9.17) is 4.98 Å². The number of hydrogen-bond acceptors (Lipinski definition) is 2. The third-order valence-corrected chi connectivity index (χ3v) is 9.92. The topological polar surface area (TPSA) is 25.8 Å². The van der Waals surface area contributed by atoms with Gasteiger partial charge in [-0.2, -0.15) is 0 Å². The summed E-state index contributed by atoms with van der Waals surface area (Å²) >= 11 is 0. The van der Waals surface area contributed by atoms with Gasteiger partial charge in [0.15, 0.2) is 0 Å². The summed E-state index contributed by atoms with van der Waals surface area (Å²) in [6.45, 7) is 0. The van der Waals surface area contributed by atoms with Crippen molar-refractivity contribution in [2.24, 2.45) is 0 Å². The van der Waals surface area contributed by atoms with Gasteiger partial charge in [0.05, 0.1) is 5.52 Å². The van der Waals surface area contributed by atoms with E-state index in [0.29, 0.717) is 0 Å². The van der Waals surface area contributed by atoms with E-state index in [9.17, 15) is 0 Å². The maximum absolute atomic E-state index is 4.73. The summed E-state index contributed by atoms with van der Waals surface area (Å²) in [5.74, 6) is 0. The predicted molar refractivity (Wildman–Crippen MR) is 203 cm³/mol. The highest BCUT2D eigenvalue weighted by atomic mass is 14.7. The van der Waals surface area contributed by atoms with Gasteiger partial charge >= 0.3 is 0 Å². The lowest BCUT2D eigenvalue weighted by Gasteiger charge is -2.20. The normalized spacial score (nSPS) is 11.8. The van der Waals surface area contributed by atoms with E-state index >= 15 is 0 Å². The highest BCUT2D eigenvalue weighted by molar-refractivity contribution is 6.23. The third-order valence-electron chi connectivity index (χ3n) is 9.92. The van der Waals surface area contributed by atoms with E-state index in [1.54, 1.807) is 0 Å². The molecule has 0 unspecified atom stereocenters. The first-order valence-corrected chi connectivity index (χ1v) is 16.4. The van der Waals surface area contributed by atoms with Gasteiger partial charge in [0, 0.05) is 29.4 Å². The van der Waals surface area contributed by atoms with Crippen molar-refractivity contribution in [3.8, 4) is 33.4 Å². The van der Waals surface area contributed by atoms with Gasteiger partial charge in [-0.1, -0.05) is 115 Å². The molecule has 0 radical (unpaired) electrons. The van der Waals surface area contributed by atoms with Crippen LogP contribution in [-0.4, -0.2) is 9.97 Å². The lowest BCUT2D eigenvalue weighted by atomic mass is 9.84. The second-order valence-electron chi connectivity index (χ2n) is 12.6. The summed E-state index contributed by atoms with van der Waals surface area (Å²) in [6.07, 6.45) is 5.69. The summed E-state index contributed by atoms with van der Waals surface area (Å²) in [5, 5.41) is 13.3. The number of rotatable bonds is 3. The molecule has 0 saturated heterocycles. The highest BCUT2D eigenvalue weighted by Gasteiger charge is 2.19. The molecular weight excluding hydrogens is 581 g/mol. The Bertz CT molecular complexity index is 2900. The van der Waals surface area contributed by atoms with Gasteiger partial charge in [-0.3, -0.25) is 9.97 Å². The van der Waals surface area contributed by atoms with E-state index < -0.39 is 0 Å². The molecule has 2 nitrogen and oxygen atoms in total. The fourth-order valence-electron chi connectivity index (χ4n) is 7.71. The Hall–Kier alpha value is -6.38. The first-order valence-electron chi connectivity index (χ1n) is 16.4. The van der Waals surface area contributed by atoms with Crippen LogP contribution >= 0.6 is 0 Å². The Morgan fingerprint density at radius 3 is 1.62 bits per heavy atom. The third kappa shape index (κ3) is 4.13. The van der Waals surface area contributed by atoms with Crippen LogP contribution in [0.4, 0.5) is 0 Å². The van der Waals surface area contributed by atoms with E-state index in [2.05, 4.69) is 151 Å². The molecule has 0 bridgehead atoms. The molecular formula is C46H28N2. The molecule has 0 atom stereocenters. The van der Waals surface area contributed by atoms with Gasteiger partial charge in [0.1, 0.15) is 0 Å². The molecule has 0 amide bonds. The van der Waals surface area contributed by atoms with Gasteiger partial charge in [0.25, 0.3) is 0 Å². The first-order chi connectivity index (χ1) is 23.8. The van der Waals surface area contributed by atoms with Crippen LogP contribution in [0.5, 0.6) is 0 Å². The molecule has 2 heteroatoms. The van der Waals surface area contributed by atoms with Crippen molar-refractivity contribution >= 4 is 64.8 Å². The maximum Gasteiger partial charge on any atom is 0.0796 e. The number of nitrogens with zero attached hydrogens (tertiary/aromatic N) is 2. The second-order valence-corrected chi connectivity index (χ2v) is 12.6. The smallest absolute Gasteiger partial charge is 0.0796 e. The Morgan fingerprint density at radius 1 is 0.333 bits per heavy atom. The molecule has 2 aromatic heterocycles. The zero-order chi connectivity index (χ0) is 31.6. The maximum atomic E-state index is 4.73. The molecule has 2 heterocycles. The van der Waals surface area contributed by atoms with E-state index in [0.717, 1.165) is 21.7 Å². The van der Waals surface area contributed by atoms with Crippen LogP contribution in [0.25, 0.3) is 98.1 Å². The minimum Gasteiger partial charge on any atom is -0.264 e. The van der Waals surface area contributed by atoms with Crippen LogP contribution in [0.3, 0.4) is 0 Å². The molecule has 8 aromatic carbocycles. The molecule has 0 aliphatic rings. The van der Waals surface area contributed by atoms with Crippen LogP contribution < -0.4 is 0 Å². The Kier molecular flexibility index (Phi) is 5.91. The van der Waals surface area contributed by atoms with Crippen LogP contribution in [0, 0.1) is 0 Å². The van der Waals surface area contributed by atoms with Crippen molar-refractivity contribution in [1.29, 1.82) is 0 Å². The molecule has 0 N–H and O–H groups in total. The largest absolute Gasteiger partial charge is 0.264 e. The molecule has 48 heavy (non-hydrogen) atoms. The van der Waals surface area contributed by atoms with Crippen LogP contribution in [0.1, 0.15) is 0 Å². The number of fused-ring (bicyclic) bond motifs is 7. The van der Waals surface area contributed by atoms with E-state index in [1.165, 1.54) is 76.5 Å². The predicted octanol–water partition coefficient (Wildman–Crippen LogP) is 12.4. The summed E-state index contributed by atoms with van der Waals surface area (Å²) in [7, 11) is 0. The minimum atomic E-state index is 0.978. The monoisotopic (exact) mass is 608 g/mol. The highest BCUT2D eigenvalue weighted by Crippen LogP contribution is 2.46. The molecule has 10 rings (SSSR count). The van der Waals surface area contributed by atoms with Gasteiger partial charge in [-0.25, -0.2) is 0 Å². The van der Waals surface area contributed by atoms with Crippen molar-refractivity contribution in [2.45, 2.75) is 0 Å². The Labute approximate surface area is 277 Å². The second kappa shape index (κ2) is 10.6. The summed E-state index contributed by atoms with van der Waals surface area (Å²) < 4.78 is 0. The fraction of sp³-hybridized carbons (Fsp3) is 0. The first kappa shape index (κ1) is 26.8. The van der Waals surface area contributed by atoms with Gasteiger partial charge in [-0.05, 0) is 118 Å². The van der Waals surface area contributed by atoms with E-state index in [1.807, 2.05) is 24.7 Å². The van der Waals surface area contributed by atoms with Crippen molar-refractivity contribution in [2.75, 3.05) is 0 Å². The standard InChI is InChI=1S/C46H28N2/c1-3-10-31-24-34(17-15-29(31)8-1)44-38-13-5-6-14-39(38)45(35-18-16-30-9-2-4-11-32(30)25-35)42-26-33(19-20-40(42)44)41-27-36-12-7-22-48-46(36)43-28-47-23-21-37(41)43/h1-28H. The summed E-state index contributed by atoms with van der Waals surface area (Å²) in [6, 6.07) is 55.5. The van der Waals surface area contributed by atoms with Crippen molar-refractivity contribution < 1.29 is 0 Å². The molecule has 0 aliphatic carbocycles. The molecule has 0 spiro atoms. The number of hydrogen-bond donors (Lipinski definition) is 0. The van der Waals surface area contributed by atoms with Crippen LogP contribution in [-0.2, 0) is 0 Å². The Morgan fingerprint density at radius 2 is 0.917 bits per heavy atom. The molecule has 10 aromatic rings. The zero-order valence-electron chi connectivity index (χ0n) is 26.1. The lowest BCUT2D eigenvalue weighted by molar-refractivity contribution is 1.36. The van der Waals surface area contributed by atoms with Crippen LogP contribution in [0.2, 0.25) is 0 Å². The SMILES string of the molecule is c1ccc2cc(-c3c4ccccc4c(-c4ccc5ccccc5c4)c4cc(-c5cc6cccnc6c6cnccc56)ccc34)ccc2c1. The zero-order valence-corrected chi connectivity index (χ0v) is 26.1. The number of aromatic nitrogens is 2. The molecule has 0 aliphatic heterocycles. The van der Waals surface area contributed by atoms with Crippen LogP contribution in [0.15, 0.2) is 170 Å². The van der Waals surface area contributed by atoms with Gasteiger partial charge in [0.2, 0.25) is 0 Å². The molecule has 0 saturated carbocycles. The summed E-state index contributed by atoms with van der Waals surface area (Å²) in [4.78, 5) is 9.22. The Balaban J connectivity index is 1.34. The van der Waals surface area contributed by atoms with Crippen molar-refractivity contribution in [3.63, 3.8) is 0 Å². The lowest BCUT2D eigenvalue weighted by Crippen LogP contribution is -1.93. The minimum absolute atomic E-state index is 0.978. The molecule has 0 fully saturated rings. The summed E-state index contributed by atoms with van der Waals surface area (Å²) in [5.41, 5.74) is 8.29. The number of benzene rings is 8. The van der Waals surface area contributed by atoms with Gasteiger partial charge in [-0.15, -0.1) is 0 Å². The quantitative estimate of drug-likeness (QED) is 0.147. The van der Waals surface area contributed by atoms with E-state index in [-0.39, 0.29) is 0 Å². The van der Waals surface area contributed by atoms with Crippen molar-refractivity contribution in [1.82, 2.24) is 9.97 Å². The fourth-order valence-corrected chi connectivity index (χ4v) is 7.71. The molecule has 222 valence electrons. The average molecular weight is 609 g/mol. The van der Waals surface area contributed by atoms with Crippen molar-refractivity contribution in [3.05, 3.63) is 170 Å². The van der Waals surface area contributed by atoms with Gasteiger partial charge < -0.3 is 0 Å². The number of pyridine rings is 2.